The highest BCUT2D eigenvalue weighted by Gasteiger charge is 2.28. The zero-order valence-electron chi connectivity index (χ0n) is 12.2. The third kappa shape index (κ3) is 2.35. The highest BCUT2D eigenvalue weighted by Crippen LogP contribution is 2.41. The van der Waals surface area contributed by atoms with Crippen LogP contribution in [0.25, 0.3) is 0 Å². The van der Waals surface area contributed by atoms with Gasteiger partial charge in [0.25, 0.3) is 0 Å². The Morgan fingerprint density at radius 2 is 1.50 bits per heavy atom. The molecule has 0 aromatic heterocycles. The van der Waals surface area contributed by atoms with Crippen molar-refractivity contribution in [2.75, 3.05) is 0 Å². The van der Waals surface area contributed by atoms with E-state index in [1.54, 1.807) is 0 Å². The minimum Gasteiger partial charge on any atom is -0.507 e. The van der Waals surface area contributed by atoms with Gasteiger partial charge in [0.1, 0.15) is 5.75 Å². The second kappa shape index (κ2) is 4.64. The van der Waals surface area contributed by atoms with Gasteiger partial charge in [-0.1, -0.05) is 52.0 Å². The maximum atomic E-state index is 10.6. The summed E-state index contributed by atoms with van der Waals surface area (Å²) in [5, 5.41) is 10.6. The number of rotatable bonds is 4. The number of hydrogen-bond acceptors (Lipinski definition) is 1. The summed E-state index contributed by atoms with van der Waals surface area (Å²) < 4.78 is 0. The van der Waals surface area contributed by atoms with Crippen LogP contribution in [0.3, 0.4) is 0 Å². The predicted octanol–water partition coefficient (Wildman–Crippen LogP) is 4.63. The normalized spacial score (nSPS) is 12.3. The molecule has 1 aromatic rings. The summed E-state index contributed by atoms with van der Waals surface area (Å²) in [7, 11) is 0. The Kier molecular flexibility index (Phi) is 3.75. The molecule has 0 amide bonds. The molecule has 18 heavy (non-hydrogen) atoms. The zero-order valence-corrected chi connectivity index (χ0v) is 12.2. The fraction of sp³-hybridized carbons (Fsp3) is 0.412. The van der Waals surface area contributed by atoms with Gasteiger partial charge in [-0.25, -0.2) is 0 Å². The summed E-state index contributed by atoms with van der Waals surface area (Å²) >= 11 is 0. The summed E-state index contributed by atoms with van der Waals surface area (Å²) in [6, 6.07) is 4.04. The Bertz CT molecular complexity index is 479. The SMILES string of the molecule is C=CC(C)(C)c1ccc(C)c(C(C)(C)C=C)c1O. The van der Waals surface area contributed by atoms with Crippen molar-refractivity contribution in [1.82, 2.24) is 0 Å². The van der Waals surface area contributed by atoms with E-state index < -0.39 is 0 Å². The monoisotopic (exact) mass is 244 g/mol. The molecule has 0 saturated carbocycles. The van der Waals surface area contributed by atoms with Crippen LogP contribution in [-0.4, -0.2) is 5.11 Å². The maximum absolute atomic E-state index is 10.6. The van der Waals surface area contributed by atoms with Gasteiger partial charge in [-0.05, 0) is 12.5 Å². The minimum atomic E-state index is -0.249. The molecule has 0 aliphatic rings. The molecule has 1 rings (SSSR count). The number of aryl methyl sites for hydroxylation is 1. The Balaban J connectivity index is 3.60. The van der Waals surface area contributed by atoms with E-state index in [1.807, 2.05) is 25.1 Å². The van der Waals surface area contributed by atoms with Gasteiger partial charge in [0.2, 0.25) is 0 Å². The second-order valence-electron chi connectivity index (χ2n) is 6.01. The standard InChI is InChI=1S/C17H24O/c1-8-16(4,5)13-11-10-12(3)14(15(13)18)17(6,7)9-2/h8-11,18H,1-2H2,3-7H3. The molecule has 1 heteroatoms. The second-order valence-corrected chi connectivity index (χ2v) is 6.01. The lowest BCUT2D eigenvalue weighted by molar-refractivity contribution is 0.436. The fourth-order valence-corrected chi connectivity index (χ4v) is 2.24. The van der Waals surface area contributed by atoms with E-state index in [-0.39, 0.29) is 10.8 Å². The van der Waals surface area contributed by atoms with Crippen LogP contribution in [0.5, 0.6) is 5.75 Å². The number of phenols is 1. The predicted molar refractivity (Wildman–Crippen MR) is 79.3 cm³/mol. The molecular formula is C17H24O. The molecule has 0 unspecified atom stereocenters. The van der Waals surface area contributed by atoms with Gasteiger partial charge >= 0.3 is 0 Å². The van der Waals surface area contributed by atoms with Crippen molar-refractivity contribution in [1.29, 1.82) is 0 Å². The Morgan fingerprint density at radius 1 is 1.00 bits per heavy atom. The molecule has 0 fully saturated rings. The summed E-state index contributed by atoms with van der Waals surface area (Å²) in [4.78, 5) is 0. The molecule has 0 saturated heterocycles. The minimum absolute atomic E-state index is 0.246. The van der Waals surface area contributed by atoms with Gasteiger partial charge in [0, 0.05) is 22.0 Å². The van der Waals surface area contributed by atoms with Crippen LogP contribution in [-0.2, 0) is 10.8 Å². The highest BCUT2D eigenvalue weighted by atomic mass is 16.3. The summed E-state index contributed by atoms with van der Waals surface area (Å²) in [6.45, 7) is 18.0. The number of phenolic OH excluding ortho intramolecular Hbond substituents is 1. The molecule has 0 bridgehead atoms. The van der Waals surface area contributed by atoms with Crippen molar-refractivity contribution in [3.05, 3.63) is 54.1 Å². The molecular weight excluding hydrogens is 220 g/mol. The van der Waals surface area contributed by atoms with Gasteiger partial charge in [-0.3, -0.25) is 0 Å². The van der Waals surface area contributed by atoms with Crippen molar-refractivity contribution in [3.63, 3.8) is 0 Å². The van der Waals surface area contributed by atoms with Gasteiger partial charge in [0.15, 0.2) is 0 Å². The molecule has 0 aliphatic heterocycles. The third-order valence-electron chi connectivity index (χ3n) is 3.75. The van der Waals surface area contributed by atoms with E-state index in [1.165, 1.54) is 0 Å². The van der Waals surface area contributed by atoms with Crippen LogP contribution >= 0.6 is 0 Å². The molecule has 1 nitrogen and oxygen atoms in total. The third-order valence-corrected chi connectivity index (χ3v) is 3.75. The molecule has 1 aromatic carbocycles. The number of aromatic hydroxyl groups is 1. The molecule has 1 N–H and O–H groups in total. The van der Waals surface area contributed by atoms with Crippen LogP contribution in [0.2, 0.25) is 0 Å². The average molecular weight is 244 g/mol. The largest absolute Gasteiger partial charge is 0.507 e. The molecule has 0 aliphatic carbocycles. The molecule has 0 atom stereocenters. The first kappa shape index (κ1) is 14.6. The Hall–Kier alpha value is -1.50. The van der Waals surface area contributed by atoms with Crippen molar-refractivity contribution in [2.45, 2.75) is 45.4 Å². The van der Waals surface area contributed by atoms with Gasteiger partial charge in [-0.2, -0.15) is 0 Å². The molecule has 98 valence electrons. The van der Waals surface area contributed by atoms with Gasteiger partial charge in [-0.15, -0.1) is 13.2 Å². The highest BCUT2D eigenvalue weighted by molar-refractivity contribution is 5.53. The topological polar surface area (TPSA) is 20.2 Å². The first-order valence-electron chi connectivity index (χ1n) is 6.28. The average Bonchev–Trinajstić information content (AvgIpc) is 2.28. The van der Waals surface area contributed by atoms with Crippen molar-refractivity contribution in [2.24, 2.45) is 0 Å². The quantitative estimate of drug-likeness (QED) is 0.766. The van der Waals surface area contributed by atoms with Crippen LogP contribution in [0.4, 0.5) is 0 Å². The molecule has 0 radical (unpaired) electrons. The van der Waals surface area contributed by atoms with E-state index in [0.29, 0.717) is 5.75 Å². The van der Waals surface area contributed by atoms with Crippen molar-refractivity contribution in [3.8, 4) is 5.75 Å². The van der Waals surface area contributed by atoms with E-state index in [9.17, 15) is 5.11 Å². The molecule has 0 heterocycles. The number of hydrogen-bond donors (Lipinski definition) is 1. The summed E-state index contributed by atoms with van der Waals surface area (Å²) in [5.74, 6) is 0.366. The van der Waals surface area contributed by atoms with Crippen LogP contribution in [0, 0.1) is 6.92 Å². The van der Waals surface area contributed by atoms with Gasteiger partial charge < -0.3 is 5.11 Å². The van der Waals surface area contributed by atoms with E-state index >= 15 is 0 Å². The van der Waals surface area contributed by atoms with Crippen LogP contribution in [0.15, 0.2) is 37.4 Å². The summed E-state index contributed by atoms with van der Waals surface area (Å²) in [5.41, 5.74) is 2.45. The van der Waals surface area contributed by atoms with Crippen molar-refractivity contribution >= 4 is 0 Å². The van der Waals surface area contributed by atoms with E-state index in [0.717, 1.165) is 16.7 Å². The zero-order chi connectivity index (χ0) is 14.1. The summed E-state index contributed by atoms with van der Waals surface area (Å²) in [6.07, 6.45) is 3.74. The van der Waals surface area contributed by atoms with E-state index in [2.05, 4.69) is 46.9 Å². The lowest BCUT2D eigenvalue weighted by Crippen LogP contribution is -2.19. The number of allylic oxidation sites excluding steroid dienone is 2. The Labute approximate surface area is 111 Å². The number of benzene rings is 1. The fourth-order valence-electron chi connectivity index (χ4n) is 2.24. The first-order chi connectivity index (χ1) is 8.17. The lowest BCUT2D eigenvalue weighted by Gasteiger charge is -2.29. The van der Waals surface area contributed by atoms with Crippen molar-refractivity contribution < 1.29 is 5.11 Å². The van der Waals surface area contributed by atoms with Gasteiger partial charge in [0.05, 0.1) is 0 Å². The Morgan fingerprint density at radius 3 is 1.94 bits per heavy atom. The lowest BCUT2D eigenvalue weighted by atomic mass is 9.76. The van der Waals surface area contributed by atoms with Crippen LogP contribution in [0.1, 0.15) is 44.4 Å². The van der Waals surface area contributed by atoms with Crippen LogP contribution < -0.4 is 0 Å². The first-order valence-corrected chi connectivity index (χ1v) is 6.28. The molecule has 0 spiro atoms. The maximum Gasteiger partial charge on any atom is 0.123 e. The smallest absolute Gasteiger partial charge is 0.123 e. The van der Waals surface area contributed by atoms with E-state index in [4.69, 9.17) is 0 Å².